The van der Waals surface area contributed by atoms with E-state index in [2.05, 4.69) is 6.58 Å². The van der Waals surface area contributed by atoms with Gasteiger partial charge < -0.3 is 9.47 Å². The van der Waals surface area contributed by atoms with E-state index in [0.717, 1.165) is 5.56 Å². The molecule has 0 bridgehead atoms. The topological polar surface area (TPSA) is 35.5 Å². The zero-order chi connectivity index (χ0) is 12.7. The van der Waals surface area contributed by atoms with Crippen LogP contribution in [0.3, 0.4) is 0 Å². The van der Waals surface area contributed by atoms with Crippen LogP contribution in [0.15, 0.2) is 36.9 Å². The molecule has 0 spiro atoms. The van der Waals surface area contributed by atoms with Crippen molar-refractivity contribution in [3.05, 3.63) is 42.5 Å². The maximum absolute atomic E-state index is 11.4. The molecule has 0 saturated carbocycles. The van der Waals surface area contributed by atoms with Crippen molar-refractivity contribution >= 4 is 5.97 Å². The van der Waals surface area contributed by atoms with Crippen LogP contribution in [0.5, 0.6) is 5.75 Å². The predicted molar refractivity (Wildman–Crippen MR) is 67.1 cm³/mol. The maximum Gasteiger partial charge on any atom is 0.347 e. The molecule has 17 heavy (non-hydrogen) atoms. The fourth-order valence-electron chi connectivity index (χ4n) is 1.44. The Hall–Kier alpha value is -1.77. The molecule has 1 aromatic rings. The van der Waals surface area contributed by atoms with Crippen LogP contribution in [-0.4, -0.2) is 18.7 Å². The van der Waals surface area contributed by atoms with Crippen molar-refractivity contribution in [3.8, 4) is 5.75 Å². The second-order valence-electron chi connectivity index (χ2n) is 3.61. The van der Waals surface area contributed by atoms with Crippen LogP contribution in [-0.2, 0) is 16.0 Å². The second kappa shape index (κ2) is 6.74. The fraction of sp³-hybridized carbons (Fsp3) is 0.357. The van der Waals surface area contributed by atoms with E-state index < -0.39 is 6.10 Å². The number of carbonyl (C=O) groups excluding carboxylic acids is 1. The first-order chi connectivity index (χ1) is 8.19. The summed E-state index contributed by atoms with van der Waals surface area (Å²) in [5, 5.41) is 0. The highest BCUT2D eigenvalue weighted by atomic mass is 16.6. The van der Waals surface area contributed by atoms with Gasteiger partial charge in [-0.25, -0.2) is 4.79 Å². The van der Waals surface area contributed by atoms with Crippen molar-refractivity contribution in [2.24, 2.45) is 0 Å². The Labute approximate surface area is 102 Å². The lowest BCUT2D eigenvalue weighted by atomic mass is 10.1. The molecule has 3 nitrogen and oxygen atoms in total. The van der Waals surface area contributed by atoms with E-state index in [1.165, 1.54) is 0 Å². The number of para-hydroxylation sites is 1. The average molecular weight is 234 g/mol. The van der Waals surface area contributed by atoms with E-state index in [1.807, 2.05) is 24.3 Å². The summed E-state index contributed by atoms with van der Waals surface area (Å²) < 4.78 is 10.5. The molecule has 3 heteroatoms. The number of benzene rings is 1. The van der Waals surface area contributed by atoms with E-state index in [4.69, 9.17) is 9.47 Å². The molecule has 1 rings (SSSR count). The molecule has 0 N–H and O–H groups in total. The number of carbonyl (C=O) groups is 1. The van der Waals surface area contributed by atoms with Gasteiger partial charge in [0.1, 0.15) is 5.75 Å². The van der Waals surface area contributed by atoms with Crippen molar-refractivity contribution in [3.63, 3.8) is 0 Å². The first-order valence-electron chi connectivity index (χ1n) is 5.71. The summed E-state index contributed by atoms with van der Waals surface area (Å²) in [6.45, 7) is 7.51. The first kappa shape index (κ1) is 13.3. The molecule has 1 atom stereocenters. The summed E-state index contributed by atoms with van der Waals surface area (Å²) in [6, 6.07) is 7.60. The van der Waals surface area contributed by atoms with Crippen LogP contribution in [0.25, 0.3) is 0 Å². The van der Waals surface area contributed by atoms with Gasteiger partial charge >= 0.3 is 5.97 Å². The Kier molecular flexibility index (Phi) is 5.27. The van der Waals surface area contributed by atoms with Crippen molar-refractivity contribution in [1.82, 2.24) is 0 Å². The molecule has 1 aromatic carbocycles. The molecule has 0 saturated heterocycles. The molecular formula is C14H18O3. The van der Waals surface area contributed by atoms with Crippen molar-refractivity contribution in [2.75, 3.05) is 6.61 Å². The standard InChI is InChI=1S/C14H18O3/c1-4-8-12-9-6-7-10-13(12)17-11(3)14(15)16-5-2/h4,6-7,9-11H,1,5,8H2,2-3H3/t11-/m0/s1. The van der Waals surface area contributed by atoms with Crippen LogP contribution in [0.4, 0.5) is 0 Å². The van der Waals surface area contributed by atoms with Gasteiger partial charge in [0.05, 0.1) is 6.61 Å². The van der Waals surface area contributed by atoms with Crippen LogP contribution in [0.2, 0.25) is 0 Å². The molecule has 0 fully saturated rings. The van der Waals surface area contributed by atoms with E-state index in [1.54, 1.807) is 19.9 Å². The SMILES string of the molecule is C=CCc1ccccc1O[C@@H](C)C(=O)OCC. The van der Waals surface area contributed by atoms with E-state index in [9.17, 15) is 4.79 Å². The van der Waals surface area contributed by atoms with Gasteiger partial charge in [-0.3, -0.25) is 0 Å². The summed E-state index contributed by atoms with van der Waals surface area (Å²) in [5.74, 6) is 0.355. The summed E-state index contributed by atoms with van der Waals surface area (Å²) in [6.07, 6.45) is 1.92. The minimum absolute atomic E-state index is 0.346. The Bertz CT molecular complexity index is 385. The van der Waals surface area contributed by atoms with Crippen LogP contribution in [0.1, 0.15) is 19.4 Å². The molecule has 0 aliphatic carbocycles. The third-order valence-corrected chi connectivity index (χ3v) is 2.26. The van der Waals surface area contributed by atoms with Gasteiger partial charge in [0.2, 0.25) is 0 Å². The van der Waals surface area contributed by atoms with Gasteiger partial charge in [-0.05, 0) is 31.9 Å². The third kappa shape index (κ3) is 3.94. The van der Waals surface area contributed by atoms with Crippen molar-refractivity contribution in [2.45, 2.75) is 26.4 Å². The summed E-state index contributed by atoms with van der Waals surface area (Å²) in [5.41, 5.74) is 1.01. The molecule has 0 aliphatic heterocycles. The van der Waals surface area contributed by atoms with E-state index in [0.29, 0.717) is 18.8 Å². The van der Waals surface area contributed by atoms with Crippen molar-refractivity contribution in [1.29, 1.82) is 0 Å². The monoisotopic (exact) mass is 234 g/mol. The Balaban J connectivity index is 2.73. The number of rotatable bonds is 6. The second-order valence-corrected chi connectivity index (χ2v) is 3.61. The Morgan fingerprint density at radius 2 is 2.18 bits per heavy atom. The van der Waals surface area contributed by atoms with Gasteiger partial charge in [-0.2, -0.15) is 0 Å². The number of esters is 1. The van der Waals surface area contributed by atoms with E-state index in [-0.39, 0.29) is 5.97 Å². The number of hydrogen-bond donors (Lipinski definition) is 0. The zero-order valence-electron chi connectivity index (χ0n) is 10.3. The maximum atomic E-state index is 11.4. The number of ether oxygens (including phenoxy) is 2. The van der Waals surface area contributed by atoms with Crippen LogP contribution >= 0.6 is 0 Å². The lowest BCUT2D eigenvalue weighted by Gasteiger charge is -2.15. The quantitative estimate of drug-likeness (QED) is 0.561. The highest BCUT2D eigenvalue weighted by Crippen LogP contribution is 2.20. The zero-order valence-corrected chi connectivity index (χ0v) is 10.3. The van der Waals surface area contributed by atoms with Gasteiger partial charge in [-0.1, -0.05) is 24.3 Å². The molecule has 0 amide bonds. The molecule has 92 valence electrons. The predicted octanol–water partition coefficient (Wildman–Crippen LogP) is 2.75. The lowest BCUT2D eigenvalue weighted by molar-refractivity contribution is -0.150. The van der Waals surface area contributed by atoms with Gasteiger partial charge in [-0.15, -0.1) is 6.58 Å². The Morgan fingerprint density at radius 3 is 2.82 bits per heavy atom. The molecule has 0 heterocycles. The third-order valence-electron chi connectivity index (χ3n) is 2.26. The van der Waals surface area contributed by atoms with Gasteiger partial charge in [0, 0.05) is 0 Å². The summed E-state index contributed by atoms with van der Waals surface area (Å²) >= 11 is 0. The smallest absolute Gasteiger partial charge is 0.347 e. The highest BCUT2D eigenvalue weighted by molar-refractivity contribution is 5.74. The van der Waals surface area contributed by atoms with Gasteiger partial charge in [0.25, 0.3) is 0 Å². The summed E-state index contributed by atoms with van der Waals surface area (Å²) in [7, 11) is 0. The normalized spacial score (nSPS) is 11.6. The molecule has 0 aromatic heterocycles. The van der Waals surface area contributed by atoms with Crippen molar-refractivity contribution < 1.29 is 14.3 Å². The highest BCUT2D eigenvalue weighted by Gasteiger charge is 2.16. The van der Waals surface area contributed by atoms with Gasteiger partial charge in [0.15, 0.2) is 6.10 Å². The van der Waals surface area contributed by atoms with E-state index >= 15 is 0 Å². The largest absolute Gasteiger partial charge is 0.479 e. The molecular weight excluding hydrogens is 216 g/mol. The first-order valence-corrected chi connectivity index (χ1v) is 5.71. The lowest BCUT2D eigenvalue weighted by Crippen LogP contribution is -2.26. The molecule has 0 unspecified atom stereocenters. The number of allylic oxidation sites excluding steroid dienone is 1. The minimum atomic E-state index is -0.596. The number of hydrogen-bond acceptors (Lipinski definition) is 3. The molecule has 0 aliphatic rings. The minimum Gasteiger partial charge on any atom is -0.479 e. The fourth-order valence-corrected chi connectivity index (χ4v) is 1.44. The molecule has 0 radical (unpaired) electrons. The van der Waals surface area contributed by atoms with Crippen LogP contribution < -0.4 is 4.74 Å². The summed E-state index contributed by atoms with van der Waals surface area (Å²) in [4.78, 5) is 11.4. The van der Waals surface area contributed by atoms with Crippen LogP contribution in [0, 0.1) is 0 Å². The Morgan fingerprint density at radius 1 is 1.47 bits per heavy atom. The average Bonchev–Trinajstić information content (AvgIpc) is 2.32.